The summed E-state index contributed by atoms with van der Waals surface area (Å²) in [6, 6.07) is 4.35. The second-order valence-electron chi connectivity index (χ2n) is 5.86. The molecule has 1 saturated carbocycles. The van der Waals surface area contributed by atoms with Gasteiger partial charge in [0.05, 0.1) is 5.03 Å². The largest absolute Gasteiger partial charge is 0.330 e. The van der Waals surface area contributed by atoms with E-state index in [4.69, 9.17) is 5.73 Å². The van der Waals surface area contributed by atoms with E-state index < -0.39 is 0 Å². The molecule has 2 N–H and O–H groups in total. The maximum absolute atomic E-state index is 5.96. The van der Waals surface area contributed by atoms with E-state index in [2.05, 4.69) is 37.9 Å². The van der Waals surface area contributed by atoms with Crippen molar-refractivity contribution in [2.75, 3.05) is 6.54 Å². The van der Waals surface area contributed by atoms with Gasteiger partial charge < -0.3 is 5.73 Å². The number of aromatic nitrogens is 1. The topological polar surface area (TPSA) is 38.9 Å². The number of nitrogens with zero attached hydrogens (tertiary/aromatic N) is 1. The predicted molar refractivity (Wildman–Crippen MR) is 83.5 cm³/mol. The van der Waals surface area contributed by atoms with Gasteiger partial charge in [-0.2, -0.15) is 0 Å². The summed E-state index contributed by atoms with van der Waals surface area (Å²) in [5.41, 5.74) is 8.39. The molecule has 1 aliphatic carbocycles. The number of thioether (sulfide) groups is 1. The van der Waals surface area contributed by atoms with Crippen molar-refractivity contribution in [2.45, 2.75) is 56.7 Å². The molecule has 2 rings (SSSR count). The normalized spacial score (nSPS) is 27.5. The molecule has 0 aliphatic heterocycles. The molecule has 1 aliphatic rings. The number of hydrogen-bond acceptors (Lipinski definition) is 3. The lowest BCUT2D eigenvalue weighted by Crippen LogP contribution is -2.32. The Hall–Kier alpha value is -0.540. The summed E-state index contributed by atoms with van der Waals surface area (Å²) < 4.78 is 0. The number of aryl methyl sites for hydroxylation is 2. The van der Waals surface area contributed by atoms with Crippen LogP contribution in [0, 0.1) is 25.7 Å². The van der Waals surface area contributed by atoms with Crippen molar-refractivity contribution in [1.29, 1.82) is 0 Å². The SMILES string of the molecule is CCC1CCC(CN)C(Sc2cc(C)cc(C)n2)C1. The molecule has 1 heterocycles. The number of rotatable bonds is 4. The van der Waals surface area contributed by atoms with E-state index in [1.165, 1.54) is 36.3 Å². The van der Waals surface area contributed by atoms with Gasteiger partial charge in [-0.05, 0) is 62.8 Å². The van der Waals surface area contributed by atoms with Crippen molar-refractivity contribution in [3.8, 4) is 0 Å². The standard InChI is InChI=1S/C16H26N2S/c1-4-13-5-6-14(10-17)15(9-13)19-16-8-11(2)7-12(3)18-16/h7-8,13-15H,4-6,9-10,17H2,1-3H3. The zero-order chi connectivity index (χ0) is 13.8. The van der Waals surface area contributed by atoms with Gasteiger partial charge in [0, 0.05) is 10.9 Å². The van der Waals surface area contributed by atoms with Crippen molar-refractivity contribution in [3.05, 3.63) is 23.4 Å². The van der Waals surface area contributed by atoms with Crippen LogP contribution in [0.4, 0.5) is 0 Å². The summed E-state index contributed by atoms with van der Waals surface area (Å²) in [5, 5.41) is 1.83. The van der Waals surface area contributed by atoms with Gasteiger partial charge in [-0.25, -0.2) is 4.98 Å². The van der Waals surface area contributed by atoms with E-state index in [1.807, 2.05) is 11.8 Å². The van der Waals surface area contributed by atoms with Gasteiger partial charge in [0.25, 0.3) is 0 Å². The molecule has 0 spiro atoms. The summed E-state index contributed by atoms with van der Waals surface area (Å²) in [6.45, 7) is 7.35. The van der Waals surface area contributed by atoms with E-state index >= 15 is 0 Å². The van der Waals surface area contributed by atoms with Crippen LogP contribution in [-0.4, -0.2) is 16.8 Å². The molecule has 19 heavy (non-hydrogen) atoms. The Labute approximate surface area is 121 Å². The van der Waals surface area contributed by atoms with Crippen molar-refractivity contribution < 1.29 is 0 Å². The first kappa shape index (κ1) is 14.9. The highest BCUT2D eigenvalue weighted by atomic mass is 32.2. The fraction of sp³-hybridized carbons (Fsp3) is 0.688. The zero-order valence-corrected chi connectivity index (χ0v) is 13.2. The lowest BCUT2D eigenvalue weighted by molar-refractivity contribution is 0.283. The Bertz CT molecular complexity index is 399. The Morgan fingerprint density at radius 2 is 2.11 bits per heavy atom. The molecule has 1 aromatic rings. The highest BCUT2D eigenvalue weighted by molar-refractivity contribution is 7.99. The summed E-state index contributed by atoms with van der Waals surface area (Å²) >= 11 is 1.95. The Balaban J connectivity index is 2.09. The minimum atomic E-state index is 0.650. The van der Waals surface area contributed by atoms with Gasteiger partial charge in [-0.3, -0.25) is 0 Å². The fourth-order valence-electron chi connectivity index (χ4n) is 3.08. The summed E-state index contributed by atoms with van der Waals surface area (Å²) in [6.07, 6.45) is 5.25. The third-order valence-corrected chi connectivity index (χ3v) is 5.59. The molecule has 3 atom stereocenters. The molecule has 2 nitrogen and oxygen atoms in total. The third-order valence-electron chi connectivity index (χ3n) is 4.26. The van der Waals surface area contributed by atoms with Crippen LogP contribution in [0.1, 0.15) is 43.9 Å². The van der Waals surface area contributed by atoms with Crippen LogP contribution in [0.3, 0.4) is 0 Å². The summed E-state index contributed by atoms with van der Waals surface area (Å²) in [4.78, 5) is 4.67. The lowest BCUT2D eigenvalue weighted by Gasteiger charge is -2.34. The lowest BCUT2D eigenvalue weighted by atomic mass is 9.80. The van der Waals surface area contributed by atoms with E-state index in [1.54, 1.807) is 0 Å². The molecule has 1 aromatic heterocycles. The first-order chi connectivity index (χ1) is 9.12. The third kappa shape index (κ3) is 3.96. The number of hydrogen-bond donors (Lipinski definition) is 1. The van der Waals surface area contributed by atoms with Crippen LogP contribution in [-0.2, 0) is 0 Å². The van der Waals surface area contributed by atoms with E-state index in [0.29, 0.717) is 11.2 Å². The number of nitrogens with two attached hydrogens (primary N) is 1. The van der Waals surface area contributed by atoms with Gasteiger partial charge in [0.2, 0.25) is 0 Å². The average molecular weight is 278 g/mol. The first-order valence-corrected chi connectivity index (χ1v) is 8.32. The quantitative estimate of drug-likeness (QED) is 0.906. The van der Waals surface area contributed by atoms with Crippen molar-refractivity contribution in [1.82, 2.24) is 4.98 Å². The van der Waals surface area contributed by atoms with E-state index in [-0.39, 0.29) is 0 Å². The Morgan fingerprint density at radius 1 is 1.32 bits per heavy atom. The molecule has 0 bridgehead atoms. The summed E-state index contributed by atoms with van der Waals surface area (Å²) in [7, 11) is 0. The Kier molecular flexibility index (Phi) is 5.28. The van der Waals surface area contributed by atoms with Crippen LogP contribution in [0.25, 0.3) is 0 Å². The number of pyridine rings is 1. The molecule has 0 aromatic carbocycles. The fourth-order valence-corrected chi connectivity index (χ4v) is 4.65. The monoisotopic (exact) mass is 278 g/mol. The maximum Gasteiger partial charge on any atom is 0.0968 e. The zero-order valence-electron chi connectivity index (χ0n) is 12.4. The molecule has 0 radical (unpaired) electrons. The van der Waals surface area contributed by atoms with Crippen LogP contribution < -0.4 is 5.73 Å². The van der Waals surface area contributed by atoms with Crippen LogP contribution in [0.2, 0.25) is 0 Å². The maximum atomic E-state index is 5.96. The molecule has 106 valence electrons. The molecular formula is C16H26N2S. The first-order valence-electron chi connectivity index (χ1n) is 7.44. The highest BCUT2D eigenvalue weighted by Crippen LogP contribution is 2.40. The van der Waals surface area contributed by atoms with E-state index in [0.717, 1.165) is 18.2 Å². The minimum absolute atomic E-state index is 0.650. The Morgan fingerprint density at radius 3 is 2.74 bits per heavy atom. The molecule has 1 fully saturated rings. The minimum Gasteiger partial charge on any atom is -0.330 e. The predicted octanol–water partition coefficient (Wildman–Crippen LogP) is 3.94. The van der Waals surface area contributed by atoms with Crippen LogP contribution >= 0.6 is 11.8 Å². The second kappa shape index (κ2) is 6.76. The molecule has 3 heteroatoms. The van der Waals surface area contributed by atoms with Gasteiger partial charge in [-0.1, -0.05) is 19.8 Å². The van der Waals surface area contributed by atoms with Crippen LogP contribution in [0.15, 0.2) is 17.2 Å². The molecular weight excluding hydrogens is 252 g/mol. The van der Waals surface area contributed by atoms with Gasteiger partial charge in [0.15, 0.2) is 0 Å². The van der Waals surface area contributed by atoms with Crippen molar-refractivity contribution in [2.24, 2.45) is 17.6 Å². The van der Waals surface area contributed by atoms with Crippen LogP contribution in [0.5, 0.6) is 0 Å². The van der Waals surface area contributed by atoms with Gasteiger partial charge in [0.1, 0.15) is 0 Å². The molecule has 3 unspecified atom stereocenters. The van der Waals surface area contributed by atoms with E-state index in [9.17, 15) is 0 Å². The molecule has 0 amide bonds. The average Bonchev–Trinajstić information content (AvgIpc) is 2.37. The van der Waals surface area contributed by atoms with Crippen molar-refractivity contribution in [3.63, 3.8) is 0 Å². The smallest absolute Gasteiger partial charge is 0.0968 e. The highest BCUT2D eigenvalue weighted by Gasteiger charge is 2.29. The molecule has 0 saturated heterocycles. The second-order valence-corrected chi connectivity index (χ2v) is 7.12. The van der Waals surface area contributed by atoms with Gasteiger partial charge in [-0.15, -0.1) is 11.8 Å². The van der Waals surface area contributed by atoms with Crippen molar-refractivity contribution >= 4 is 11.8 Å². The van der Waals surface area contributed by atoms with Gasteiger partial charge >= 0.3 is 0 Å². The summed E-state index contributed by atoms with van der Waals surface area (Å²) in [5.74, 6) is 1.54.